The van der Waals surface area contributed by atoms with Crippen LogP contribution in [0.5, 0.6) is 0 Å². The van der Waals surface area contributed by atoms with E-state index in [9.17, 15) is 24.6 Å². The zero-order valence-electron chi connectivity index (χ0n) is 18.8. The number of aliphatic carboxylic acids is 1. The van der Waals surface area contributed by atoms with Gasteiger partial charge < -0.3 is 20.4 Å². The van der Waals surface area contributed by atoms with Crippen molar-refractivity contribution in [2.45, 2.75) is 48.3 Å². The minimum absolute atomic E-state index is 0.0399. The third-order valence-corrected chi connectivity index (χ3v) is 7.90. The van der Waals surface area contributed by atoms with Gasteiger partial charge in [-0.3, -0.25) is 9.59 Å². The van der Waals surface area contributed by atoms with Crippen LogP contribution >= 0.6 is 11.8 Å². The minimum atomic E-state index is -2.38. The number of carboxylic acid groups (broad SMARTS) is 1. The number of Topliss-reactive ketones (excluding diaryl/α,β-unsaturated/α-hetero) is 1. The van der Waals surface area contributed by atoms with Crippen molar-refractivity contribution in [3.8, 4) is 0 Å². The summed E-state index contributed by atoms with van der Waals surface area (Å²) in [5.41, 5.74) is -0.123. The van der Waals surface area contributed by atoms with E-state index in [2.05, 4.69) is 5.32 Å². The highest BCUT2D eigenvalue weighted by Gasteiger charge is 2.62. The summed E-state index contributed by atoms with van der Waals surface area (Å²) < 4.78 is 0. The number of benzene rings is 2. The average Bonchev–Trinajstić information content (AvgIpc) is 2.97. The second-order valence-electron chi connectivity index (χ2n) is 8.96. The molecule has 1 saturated heterocycles. The van der Waals surface area contributed by atoms with Gasteiger partial charge in [-0.1, -0.05) is 42.5 Å². The van der Waals surface area contributed by atoms with Gasteiger partial charge in [0.15, 0.2) is 6.04 Å². The van der Waals surface area contributed by atoms with Crippen LogP contribution in [0.4, 0.5) is 0 Å². The summed E-state index contributed by atoms with van der Waals surface area (Å²) in [6.45, 7) is 3.70. The van der Waals surface area contributed by atoms with E-state index < -0.39 is 41.0 Å². The van der Waals surface area contributed by atoms with E-state index in [4.69, 9.17) is 0 Å². The SMILES string of the molecule is CC(C)N1CN(C2c3ccccc3CSc3ccccc32)C2(O)C(=O)C(C(=O)O)=CNC2C1=O. The van der Waals surface area contributed by atoms with Crippen molar-refractivity contribution in [1.82, 2.24) is 15.1 Å². The third kappa shape index (κ3) is 3.26. The summed E-state index contributed by atoms with van der Waals surface area (Å²) in [5, 5.41) is 24.4. The van der Waals surface area contributed by atoms with Gasteiger partial charge >= 0.3 is 5.97 Å². The summed E-state index contributed by atoms with van der Waals surface area (Å²) >= 11 is 1.67. The number of carbonyl (C=O) groups is 3. The lowest BCUT2D eigenvalue weighted by Gasteiger charge is -2.54. The van der Waals surface area contributed by atoms with Crippen molar-refractivity contribution in [2.24, 2.45) is 0 Å². The number of hydrogen-bond acceptors (Lipinski definition) is 7. The van der Waals surface area contributed by atoms with E-state index in [1.165, 1.54) is 0 Å². The predicted molar refractivity (Wildman–Crippen MR) is 126 cm³/mol. The maximum atomic E-state index is 13.6. The normalized spacial score (nSPS) is 26.7. The Hall–Kier alpha value is -3.14. The molecule has 0 aromatic heterocycles. The third-order valence-electron chi connectivity index (χ3n) is 6.76. The molecule has 3 aliphatic rings. The molecule has 3 atom stereocenters. The van der Waals surface area contributed by atoms with Gasteiger partial charge in [-0.25, -0.2) is 9.69 Å². The van der Waals surface area contributed by atoms with Crippen molar-refractivity contribution < 1.29 is 24.6 Å². The smallest absolute Gasteiger partial charge is 0.341 e. The molecule has 0 radical (unpaired) electrons. The Morgan fingerprint density at radius 3 is 2.50 bits per heavy atom. The Bertz CT molecular complexity index is 1180. The number of rotatable bonds is 3. The number of carbonyl (C=O) groups excluding carboxylic acids is 2. The zero-order valence-corrected chi connectivity index (χ0v) is 19.6. The molecule has 3 heterocycles. The van der Waals surface area contributed by atoms with Crippen molar-refractivity contribution in [2.75, 3.05) is 6.67 Å². The van der Waals surface area contributed by atoms with Crippen LogP contribution in [0.3, 0.4) is 0 Å². The lowest BCUT2D eigenvalue weighted by molar-refractivity contribution is -0.205. The summed E-state index contributed by atoms with van der Waals surface area (Å²) in [6, 6.07) is 13.5. The maximum absolute atomic E-state index is 13.6. The van der Waals surface area contributed by atoms with Crippen LogP contribution in [0.15, 0.2) is 65.2 Å². The molecule has 0 bridgehead atoms. The molecule has 3 unspecified atom stereocenters. The molecule has 0 aliphatic carbocycles. The first-order chi connectivity index (χ1) is 16.2. The highest BCUT2D eigenvalue weighted by Crippen LogP contribution is 2.47. The number of hydrogen-bond donors (Lipinski definition) is 3. The Morgan fingerprint density at radius 2 is 1.79 bits per heavy atom. The van der Waals surface area contributed by atoms with Crippen molar-refractivity contribution in [3.05, 3.63) is 77.0 Å². The molecule has 8 nitrogen and oxygen atoms in total. The number of aliphatic hydroxyl groups is 1. The topological polar surface area (TPSA) is 110 Å². The van der Waals surface area contributed by atoms with Gasteiger partial charge in [0.05, 0.1) is 12.7 Å². The number of nitrogens with one attached hydrogen (secondary N) is 1. The fourth-order valence-corrected chi connectivity index (χ4v) is 6.10. The molecule has 5 rings (SSSR count). The largest absolute Gasteiger partial charge is 0.478 e. The van der Waals surface area contributed by atoms with Crippen LogP contribution in [0.1, 0.15) is 36.6 Å². The highest BCUT2D eigenvalue weighted by molar-refractivity contribution is 7.98. The number of ketones is 1. The zero-order chi connectivity index (χ0) is 24.2. The Labute approximate surface area is 201 Å². The molecule has 176 valence electrons. The highest BCUT2D eigenvalue weighted by atomic mass is 32.2. The molecule has 0 saturated carbocycles. The first-order valence-electron chi connectivity index (χ1n) is 11.1. The average molecular weight is 480 g/mol. The quantitative estimate of drug-likeness (QED) is 0.574. The summed E-state index contributed by atoms with van der Waals surface area (Å²) in [6.07, 6.45) is 1.02. The van der Waals surface area contributed by atoms with Gasteiger partial charge in [0.1, 0.15) is 5.57 Å². The van der Waals surface area contributed by atoms with Crippen LogP contribution in [-0.2, 0) is 20.1 Å². The summed E-state index contributed by atoms with van der Waals surface area (Å²) in [4.78, 5) is 42.9. The second kappa shape index (κ2) is 8.26. The molecule has 0 spiro atoms. The van der Waals surface area contributed by atoms with E-state index in [1.54, 1.807) is 21.6 Å². The van der Waals surface area contributed by atoms with E-state index in [1.807, 2.05) is 62.4 Å². The molecule has 9 heteroatoms. The molecule has 3 aliphatic heterocycles. The van der Waals surface area contributed by atoms with E-state index in [-0.39, 0.29) is 12.7 Å². The van der Waals surface area contributed by atoms with Gasteiger partial charge in [0.25, 0.3) is 5.91 Å². The molecule has 2 aromatic rings. The molecule has 1 amide bonds. The minimum Gasteiger partial charge on any atom is -0.478 e. The summed E-state index contributed by atoms with van der Waals surface area (Å²) in [5.74, 6) is -2.20. The number of carboxylic acids is 1. The molecule has 3 N–H and O–H groups in total. The Balaban J connectivity index is 1.76. The first-order valence-corrected chi connectivity index (χ1v) is 12.1. The Morgan fingerprint density at radius 1 is 1.12 bits per heavy atom. The number of nitrogens with zero attached hydrogens (tertiary/aromatic N) is 2. The van der Waals surface area contributed by atoms with Crippen LogP contribution in [-0.4, -0.2) is 62.1 Å². The van der Waals surface area contributed by atoms with E-state index in [0.29, 0.717) is 5.75 Å². The first kappa shape index (κ1) is 22.6. The fourth-order valence-electron chi connectivity index (χ4n) is 5.01. The van der Waals surface area contributed by atoms with Gasteiger partial charge in [-0.2, -0.15) is 0 Å². The van der Waals surface area contributed by atoms with Crippen molar-refractivity contribution in [3.63, 3.8) is 0 Å². The maximum Gasteiger partial charge on any atom is 0.341 e. The van der Waals surface area contributed by atoms with Gasteiger partial charge in [-0.15, -0.1) is 11.8 Å². The lowest BCUT2D eigenvalue weighted by Crippen LogP contribution is -2.78. The number of fused-ring (bicyclic) bond motifs is 3. The van der Waals surface area contributed by atoms with Gasteiger partial charge in [0, 0.05) is 22.9 Å². The molecule has 34 heavy (non-hydrogen) atoms. The predicted octanol–water partition coefficient (Wildman–Crippen LogP) is 2.09. The van der Waals surface area contributed by atoms with Crippen LogP contribution in [0.25, 0.3) is 0 Å². The van der Waals surface area contributed by atoms with Crippen LogP contribution in [0.2, 0.25) is 0 Å². The van der Waals surface area contributed by atoms with Crippen LogP contribution in [0, 0.1) is 0 Å². The second-order valence-corrected chi connectivity index (χ2v) is 9.98. The monoisotopic (exact) mass is 479 g/mol. The van der Waals surface area contributed by atoms with Crippen LogP contribution < -0.4 is 5.32 Å². The lowest BCUT2D eigenvalue weighted by atomic mass is 9.82. The molecular formula is C25H25N3O5S. The van der Waals surface area contributed by atoms with E-state index in [0.717, 1.165) is 27.8 Å². The standard InChI is InChI=1S/C25H25N3O5S/c1-14(2)27-13-28(25(33)21(23(27)30)26-11-18(22(25)29)24(31)32)20-16-8-4-3-7-15(16)12-34-19-10-6-5-9-17(19)20/h3-11,14,20-21,26,33H,12-13H2,1-2H3,(H,31,32). The van der Waals surface area contributed by atoms with Gasteiger partial charge in [-0.05, 0) is 36.6 Å². The number of amides is 1. The molecular weight excluding hydrogens is 454 g/mol. The fraction of sp³-hybridized carbons (Fsp3) is 0.320. The van der Waals surface area contributed by atoms with Crippen molar-refractivity contribution >= 4 is 29.4 Å². The molecule has 1 fully saturated rings. The van der Waals surface area contributed by atoms with Crippen molar-refractivity contribution in [1.29, 1.82) is 0 Å². The van der Waals surface area contributed by atoms with E-state index >= 15 is 0 Å². The molecule has 2 aromatic carbocycles. The van der Waals surface area contributed by atoms with Gasteiger partial charge in [0.2, 0.25) is 11.5 Å². The number of thioether (sulfide) groups is 1. The Kier molecular flexibility index (Phi) is 5.50. The summed E-state index contributed by atoms with van der Waals surface area (Å²) in [7, 11) is 0.